The van der Waals surface area contributed by atoms with Crippen LogP contribution in [0.4, 0.5) is 11.5 Å². The Bertz CT molecular complexity index is 1770. The number of nitrogens with zero attached hydrogens (tertiary/aromatic N) is 4. The van der Waals surface area contributed by atoms with Gasteiger partial charge in [-0.3, -0.25) is 19.1 Å². The molecule has 0 saturated carbocycles. The lowest BCUT2D eigenvalue weighted by Crippen LogP contribution is -2.22. The number of anilines is 2. The fourth-order valence-electron chi connectivity index (χ4n) is 4.06. The van der Waals surface area contributed by atoms with Crippen molar-refractivity contribution in [1.82, 2.24) is 19.1 Å². The number of nitrogen functional groups attached to an aromatic ring is 1. The fourth-order valence-corrected chi connectivity index (χ4v) is 4.98. The molecule has 6 rings (SSSR count). The average molecular weight is 479 g/mol. The van der Waals surface area contributed by atoms with Crippen LogP contribution < -0.4 is 16.6 Å². The Morgan fingerprint density at radius 3 is 2.60 bits per heavy atom. The van der Waals surface area contributed by atoms with Crippen LogP contribution in [-0.4, -0.2) is 25.0 Å². The highest BCUT2D eigenvalue weighted by Crippen LogP contribution is 2.28. The number of aromatic nitrogens is 4. The number of rotatable bonds is 4. The zero-order valence-corrected chi connectivity index (χ0v) is 19.1. The van der Waals surface area contributed by atoms with Gasteiger partial charge in [0.2, 0.25) is 0 Å². The van der Waals surface area contributed by atoms with Gasteiger partial charge in [-0.15, -0.1) is 11.3 Å². The molecule has 0 fully saturated rings. The van der Waals surface area contributed by atoms with Crippen molar-refractivity contribution < 1.29 is 4.79 Å². The summed E-state index contributed by atoms with van der Waals surface area (Å²) >= 11 is 1.17. The molecular formula is C26H18N6O2S. The lowest BCUT2D eigenvalue weighted by atomic mass is 10.2. The molecule has 170 valence electrons. The van der Waals surface area contributed by atoms with E-state index < -0.39 is 5.56 Å². The Labute approximate surface area is 202 Å². The lowest BCUT2D eigenvalue weighted by Gasteiger charge is -2.10. The average Bonchev–Trinajstić information content (AvgIpc) is 3.50. The number of thiophene rings is 1. The maximum Gasteiger partial charge on any atom is 0.298 e. The van der Waals surface area contributed by atoms with E-state index in [1.54, 1.807) is 30.6 Å². The van der Waals surface area contributed by atoms with E-state index in [0.29, 0.717) is 26.6 Å². The topological polar surface area (TPSA) is 108 Å². The predicted octanol–water partition coefficient (Wildman–Crippen LogP) is 4.62. The van der Waals surface area contributed by atoms with Crippen molar-refractivity contribution >= 4 is 50.0 Å². The SMILES string of the molecule is Nc1nc2sc(C(=O)Nc3cccnc3)cc2n(-c2ccc3ccn(-c4ccccc4)c3c2)c1=O. The number of nitrogens with two attached hydrogens (primary N) is 1. The van der Waals surface area contributed by atoms with Gasteiger partial charge in [-0.1, -0.05) is 24.3 Å². The van der Waals surface area contributed by atoms with Gasteiger partial charge < -0.3 is 15.6 Å². The summed E-state index contributed by atoms with van der Waals surface area (Å²) in [6, 6.07) is 22.9. The molecule has 0 aliphatic rings. The van der Waals surface area contributed by atoms with Gasteiger partial charge in [-0.2, -0.15) is 0 Å². The second-order valence-corrected chi connectivity index (χ2v) is 8.93. The largest absolute Gasteiger partial charge is 0.379 e. The molecule has 4 aromatic heterocycles. The number of amides is 1. The smallest absolute Gasteiger partial charge is 0.298 e. The number of pyridine rings is 1. The first-order valence-electron chi connectivity index (χ1n) is 10.8. The minimum Gasteiger partial charge on any atom is -0.379 e. The Kier molecular flexibility index (Phi) is 4.89. The molecule has 9 heteroatoms. The molecule has 0 spiro atoms. The monoisotopic (exact) mass is 478 g/mol. The zero-order valence-electron chi connectivity index (χ0n) is 18.3. The van der Waals surface area contributed by atoms with Gasteiger partial charge >= 0.3 is 0 Å². The molecule has 2 aromatic carbocycles. The maximum atomic E-state index is 13.1. The van der Waals surface area contributed by atoms with E-state index in [0.717, 1.165) is 16.6 Å². The highest BCUT2D eigenvalue weighted by atomic mass is 32.1. The quantitative estimate of drug-likeness (QED) is 0.384. The molecule has 8 nitrogen and oxygen atoms in total. The van der Waals surface area contributed by atoms with Crippen molar-refractivity contribution in [2.75, 3.05) is 11.1 Å². The number of nitrogens with one attached hydrogen (secondary N) is 1. The van der Waals surface area contributed by atoms with Crippen LogP contribution in [-0.2, 0) is 0 Å². The lowest BCUT2D eigenvalue weighted by molar-refractivity contribution is 0.103. The molecule has 3 N–H and O–H groups in total. The molecule has 0 bridgehead atoms. The van der Waals surface area contributed by atoms with E-state index >= 15 is 0 Å². The van der Waals surface area contributed by atoms with Crippen LogP contribution >= 0.6 is 11.3 Å². The number of benzene rings is 2. The van der Waals surface area contributed by atoms with Crippen LogP contribution in [0.3, 0.4) is 0 Å². The van der Waals surface area contributed by atoms with Crippen molar-refractivity contribution in [1.29, 1.82) is 0 Å². The van der Waals surface area contributed by atoms with Crippen LogP contribution in [0.1, 0.15) is 9.67 Å². The Balaban J connectivity index is 1.49. The standard InChI is InChI=1S/C26H18N6O2S/c27-23-26(34)32(19-9-8-16-10-12-31(20(16)13-19)18-6-2-1-3-7-18)21-14-22(35-25(21)30-23)24(33)29-17-5-4-11-28-15-17/h1-15H,(H2,27,30)(H,29,33). The maximum absolute atomic E-state index is 13.1. The number of carbonyl (C=O) groups is 1. The molecule has 0 atom stereocenters. The molecule has 1 amide bonds. The summed E-state index contributed by atoms with van der Waals surface area (Å²) in [6.45, 7) is 0. The van der Waals surface area contributed by atoms with E-state index in [1.165, 1.54) is 15.9 Å². The number of hydrogen-bond acceptors (Lipinski definition) is 6. The summed E-state index contributed by atoms with van der Waals surface area (Å²) in [5.74, 6) is -0.441. The first-order valence-corrected chi connectivity index (χ1v) is 11.6. The first-order chi connectivity index (χ1) is 17.1. The number of para-hydroxylation sites is 1. The number of hydrogen-bond donors (Lipinski definition) is 2. The Morgan fingerprint density at radius 1 is 0.943 bits per heavy atom. The number of carbonyl (C=O) groups excluding carboxylic acids is 1. The van der Waals surface area contributed by atoms with Gasteiger partial charge in [0.1, 0.15) is 4.83 Å². The van der Waals surface area contributed by atoms with E-state index in [1.807, 2.05) is 60.8 Å². The van der Waals surface area contributed by atoms with Gasteiger partial charge in [0.25, 0.3) is 11.5 Å². The summed E-state index contributed by atoms with van der Waals surface area (Å²) in [5, 5.41) is 3.85. The van der Waals surface area contributed by atoms with Crippen molar-refractivity contribution in [3.63, 3.8) is 0 Å². The highest BCUT2D eigenvalue weighted by Gasteiger charge is 2.18. The summed E-state index contributed by atoms with van der Waals surface area (Å²) in [5.41, 5.74) is 9.23. The van der Waals surface area contributed by atoms with Gasteiger partial charge in [-0.05, 0) is 48.5 Å². The van der Waals surface area contributed by atoms with Crippen molar-refractivity contribution in [2.45, 2.75) is 0 Å². The van der Waals surface area contributed by atoms with Crippen molar-refractivity contribution in [3.8, 4) is 11.4 Å². The summed E-state index contributed by atoms with van der Waals surface area (Å²) < 4.78 is 3.57. The normalized spacial score (nSPS) is 11.2. The van der Waals surface area contributed by atoms with Crippen LogP contribution in [0.5, 0.6) is 0 Å². The highest BCUT2D eigenvalue weighted by molar-refractivity contribution is 7.20. The zero-order chi connectivity index (χ0) is 23.9. The summed E-state index contributed by atoms with van der Waals surface area (Å²) in [7, 11) is 0. The van der Waals surface area contributed by atoms with Crippen LogP contribution in [0.15, 0.2) is 96.2 Å². The van der Waals surface area contributed by atoms with Crippen molar-refractivity contribution in [2.24, 2.45) is 0 Å². The van der Waals surface area contributed by atoms with Crippen LogP contribution in [0, 0.1) is 0 Å². The van der Waals surface area contributed by atoms with E-state index in [2.05, 4.69) is 19.9 Å². The molecule has 0 radical (unpaired) electrons. The third-order valence-electron chi connectivity index (χ3n) is 5.69. The van der Waals surface area contributed by atoms with E-state index in [-0.39, 0.29) is 11.7 Å². The second kappa shape index (κ2) is 8.23. The predicted molar refractivity (Wildman–Crippen MR) is 139 cm³/mol. The fraction of sp³-hybridized carbons (Fsp3) is 0. The molecule has 0 aliphatic heterocycles. The van der Waals surface area contributed by atoms with Crippen LogP contribution in [0.2, 0.25) is 0 Å². The minimum absolute atomic E-state index is 0.128. The molecular weight excluding hydrogens is 460 g/mol. The van der Waals surface area contributed by atoms with E-state index in [4.69, 9.17) is 5.73 Å². The number of fused-ring (bicyclic) bond motifs is 2. The molecule has 0 aliphatic carbocycles. The summed E-state index contributed by atoms with van der Waals surface area (Å²) in [4.78, 5) is 35.2. The van der Waals surface area contributed by atoms with Gasteiger partial charge in [0.15, 0.2) is 5.82 Å². The molecule has 6 aromatic rings. The minimum atomic E-state index is -0.438. The van der Waals surface area contributed by atoms with Crippen LogP contribution in [0.25, 0.3) is 32.6 Å². The van der Waals surface area contributed by atoms with Gasteiger partial charge in [-0.25, -0.2) is 4.98 Å². The second-order valence-electron chi connectivity index (χ2n) is 7.90. The Morgan fingerprint density at radius 2 is 1.80 bits per heavy atom. The van der Waals surface area contributed by atoms with E-state index in [9.17, 15) is 9.59 Å². The van der Waals surface area contributed by atoms with Gasteiger partial charge in [0, 0.05) is 23.5 Å². The van der Waals surface area contributed by atoms with Gasteiger partial charge in [0.05, 0.1) is 33.5 Å². The molecule has 0 unspecified atom stereocenters. The molecule has 4 heterocycles. The first kappa shape index (κ1) is 20.8. The Hall–Kier alpha value is -4.76. The third kappa shape index (κ3) is 3.64. The molecule has 0 saturated heterocycles. The van der Waals surface area contributed by atoms with Crippen molar-refractivity contribution in [3.05, 3.63) is 107 Å². The molecule has 35 heavy (non-hydrogen) atoms. The third-order valence-corrected chi connectivity index (χ3v) is 6.71. The summed E-state index contributed by atoms with van der Waals surface area (Å²) in [6.07, 6.45) is 5.19.